The summed E-state index contributed by atoms with van der Waals surface area (Å²) in [6.07, 6.45) is 0.965. The maximum absolute atomic E-state index is 12.1. The van der Waals surface area contributed by atoms with Crippen LogP contribution in [0.25, 0.3) is 0 Å². The summed E-state index contributed by atoms with van der Waals surface area (Å²) in [6, 6.07) is 8.51. The molecule has 186 valence electrons. The Bertz CT molecular complexity index is 831. The first-order valence-electron chi connectivity index (χ1n) is 11.3. The van der Waals surface area contributed by atoms with E-state index in [0.29, 0.717) is 76.7 Å². The average molecular weight is 474 g/mol. The number of alkyl carbamates (subject to hydrolysis) is 1. The molecule has 2 amide bonds. The van der Waals surface area contributed by atoms with Crippen LogP contribution in [0.4, 0.5) is 4.79 Å². The summed E-state index contributed by atoms with van der Waals surface area (Å²) < 4.78 is 21.5. The molecule has 1 rings (SSSR count). The van der Waals surface area contributed by atoms with E-state index in [1.54, 1.807) is 30.3 Å². The lowest BCUT2D eigenvalue weighted by molar-refractivity contribution is 0.0136. The van der Waals surface area contributed by atoms with Crippen LogP contribution in [-0.2, 0) is 18.9 Å². The molecule has 0 aliphatic heterocycles. The summed E-state index contributed by atoms with van der Waals surface area (Å²) in [5.41, 5.74) is 0.730. The first-order chi connectivity index (χ1) is 16.3. The van der Waals surface area contributed by atoms with Gasteiger partial charge in [-0.25, -0.2) is 4.79 Å². The van der Waals surface area contributed by atoms with Gasteiger partial charge in [-0.1, -0.05) is 5.92 Å². The van der Waals surface area contributed by atoms with Crippen molar-refractivity contribution in [3.63, 3.8) is 0 Å². The molecule has 0 radical (unpaired) electrons. The van der Waals surface area contributed by atoms with E-state index in [4.69, 9.17) is 24.2 Å². The molecule has 1 aromatic rings. The standard InChI is InChI=1S/C25H35N3O6/c1-25(2,3)34-24(30)28-14-6-16-32-18-20-33-19-17-31-15-5-13-27-23(29)22-10-8-21(9-11-22)7-4-12-26/h8-11H,5-6,13-20H2,1-3H3,(H,27,29)(H,28,30). The van der Waals surface area contributed by atoms with Crippen LogP contribution < -0.4 is 10.6 Å². The van der Waals surface area contributed by atoms with Crippen molar-refractivity contribution in [3.8, 4) is 17.9 Å². The maximum atomic E-state index is 12.1. The van der Waals surface area contributed by atoms with Gasteiger partial charge >= 0.3 is 6.09 Å². The Labute approximate surface area is 202 Å². The van der Waals surface area contributed by atoms with E-state index in [9.17, 15) is 9.59 Å². The van der Waals surface area contributed by atoms with Gasteiger partial charge in [0.05, 0.1) is 26.4 Å². The van der Waals surface area contributed by atoms with Crippen LogP contribution >= 0.6 is 0 Å². The maximum Gasteiger partial charge on any atom is 0.407 e. The minimum absolute atomic E-state index is 0.163. The molecule has 0 aromatic heterocycles. The number of amides is 2. The van der Waals surface area contributed by atoms with E-state index < -0.39 is 11.7 Å². The predicted molar refractivity (Wildman–Crippen MR) is 127 cm³/mol. The second-order valence-corrected chi connectivity index (χ2v) is 8.17. The zero-order valence-corrected chi connectivity index (χ0v) is 20.3. The third-order valence-corrected chi connectivity index (χ3v) is 4.04. The lowest BCUT2D eigenvalue weighted by Gasteiger charge is -2.19. The number of benzene rings is 1. The molecule has 0 saturated carbocycles. The molecule has 0 aliphatic carbocycles. The van der Waals surface area contributed by atoms with E-state index >= 15 is 0 Å². The number of nitrogens with zero attached hydrogens (tertiary/aromatic N) is 1. The highest BCUT2D eigenvalue weighted by Crippen LogP contribution is 2.06. The van der Waals surface area contributed by atoms with Gasteiger partial charge in [-0.2, -0.15) is 5.26 Å². The zero-order chi connectivity index (χ0) is 25.1. The predicted octanol–water partition coefficient (Wildman–Crippen LogP) is 2.65. The number of hydrogen-bond acceptors (Lipinski definition) is 7. The van der Waals surface area contributed by atoms with Crippen LogP contribution in [0.2, 0.25) is 0 Å². The van der Waals surface area contributed by atoms with Crippen molar-refractivity contribution in [1.82, 2.24) is 10.6 Å². The second kappa shape index (κ2) is 17.4. The smallest absolute Gasteiger partial charge is 0.407 e. The van der Waals surface area contributed by atoms with Gasteiger partial charge in [0.1, 0.15) is 5.60 Å². The van der Waals surface area contributed by atoms with E-state index in [1.165, 1.54) is 0 Å². The van der Waals surface area contributed by atoms with Crippen LogP contribution in [-0.4, -0.2) is 70.3 Å². The quantitative estimate of drug-likeness (QED) is 0.297. The molecule has 9 heteroatoms. The van der Waals surface area contributed by atoms with Crippen molar-refractivity contribution in [2.75, 3.05) is 52.7 Å². The van der Waals surface area contributed by atoms with Crippen molar-refractivity contribution in [3.05, 3.63) is 35.4 Å². The number of carbonyl (C=O) groups excluding carboxylic acids is 2. The molecular formula is C25H35N3O6. The molecule has 9 nitrogen and oxygen atoms in total. The minimum Gasteiger partial charge on any atom is -0.444 e. The van der Waals surface area contributed by atoms with Crippen molar-refractivity contribution < 1.29 is 28.5 Å². The highest BCUT2D eigenvalue weighted by atomic mass is 16.6. The van der Waals surface area contributed by atoms with E-state index in [0.717, 1.165) is 0 Å². The number of hydrogen-bond donors (Lipinski definition) is 2. The monoisotopic (exact) mass is 473 g/mol. The Morgan fingerprint density at radius 1 is 0.853 bits per heavy atom. The van der Waals surface area contributed by atoms with Gasteiger partial charge in [-0.15, -0.1) is 0 Å². The van der Waals surface area contributed by atoms with E-state index in [1.807, 2.05) is 20.8 Å². The lowest BCUT2D eigenvalue weighted by atomic mass is 10.1. The third kappa shape index (κ3) is 15.7. The highest BCUT2D eigenvalue weighted by Gasteiger charge is 2.15. The molecule has 2 N–H and O–H groups in total. The zero-order valence-electron chi connectivity index (χ0n) is 20.3. The fourth-order valence-electron chi connectivity index (χ4n) is 2.50. The number of carbonyl (C=O) groups is 2. The number of ether oxygens (including phenoxy) is 4. The Balaban J connectivity index is 1.89. The average Bonchev–Trinajstić information content (AvgIpc) is 2.79. The Morgan fingerprint density at radius 3 is 1.91 bits per heavy atom. The molecule has 0 heterocycles. The van der Waals surface area contributed by atoms with Gasteiger partial charge in [0.2, 0.25) is 0 Å². The molecule has 0 bridgehead atoms. The van der Waals surface area contributed by atoms with Gasteiger partial charge in [0.15, 0.2) is 6.07 Å². The molecular weight excluding hydrogens is 438 g/mol. The number of rotatable bonds is 15. The summed E-state index contributed by atoms with van der Waals surface area (Å²) in [5, 5.41) is 13.9. The number of nitrogens with one attached hydrogen (secondary N) is 2. The molecule has 34 heavy (non-hydrogen) atoms. The highest BCUT2D eigenvalue weighted by molar-refractivity contribution is 5.94. The van der Waals surface area contributed by atoms with Crippen molar-refractivity contribution in [1.29, 1.82) is 5.26 Å². The van der Waals surface area contributed by atoms with Crippen molar-refractivity contribution in [2.24, 2.45) is 0 Å². The minimum atomic E-state index is -0.498. The molecule has 1 aromatic carbocycles. The van der Waals surface area contributed by atoms with Gasteiger partial charge in [-0.05, 0) is 57.9 Å². The van der Waals surface area contributed by atoms with Crippen LogP contribution in [0.1, 0.15) is 49.5 Å². The summed E-state index contributed by atoms with van der Waals surface area (Å²) in [5.74, 6) is 4.83. The molecule has 0 unspecified atom stereocenters. The first-order valence-corrected chi connectivity index (χ1v) is 11.3. The van der Waals surface area contributed by atoms with Crippen LogP contribution in [0.3, 0.4) is 0 Å². The third-order valence-electron chi connectivity index (χ3n) is 4.04. The van der Waals surface area contributed by atoms with Crippen molar-refractivity contribution in [2.45, 2.75) is 39.2 Å². The molecule has 0 atom stereocenters. The summed E-state index contributed by atoms with van der Waals surface area (Å²) in [4.78, 5) is 23.5. The summed E-state index contributed by atoms with van der Waals surface area (Å²) >= 11 is 0. The van der Waals surface area contributed by atoms with Gasteiger partial charge < -0.3 is 29.6 Å². The van der Waals surface area contributed by atoms with Crippen LogP contribution in [0, 0.1) is 23.2 Å². The molecule has 0 saturated heterocycles. The second-order valence-electron chi connectivity index (χ2n) is 8.17. The molecule has 0 fully saturated rings. The van der Waals surface area contributed by atoms with Crippen LogP contribution in [0.15, 0.2) is 24.3 Å². The largest absolute Gasteiger partial charge is 0.444 e. The van der Waals surface area contributed by atoms with E-state index in [2.05, 4.69) is 22.5 Å². The molecule has 0 aliphatic rings. The van der Waals surface area contributed by atoms with Crippen molar-refractivity contribution >= 4 is 12.0 Å². The summed E-state index contributed by atoms with van der Waals surface area (Å²) in [7, 11) is 0. The first kappa shape index (κ1) is 28.9. The fraction of sp³-hybridized carbons (Fsp3) is 0.560. The van der Waals surface area contributed by atoms with Gasteiger partial charge in [0, 0.05) is 43.4 Å². The Kier molecular flexibility index (Phi) is 14.8. The topological polar surface area (TPSA) is 119 Å². The van der Waals surface area contributed by atoms with E-state index in [-0.39, 0.29) is 5.91 Å². The molecule has 0 spiro atoms. The van der Waals surface area contributed by atoms with Gasteiger partial charge in [0.25, 0.3) is 5.91 Å². The lowest BCUT2D eigenvalue weighted by Crippen LogP contribution is -2.33. The number of nitriles is 1. The normalized spacial score (nSPS) is 10.5. The van der Waals surface area contributed by atoms with Crippen LogP contribution in [0.5, 0.6) is 0 Å². The fourth-order valence-corrected chi connectivity index (χ4v) is 2.50. The SMILES string of the molecule is CC(C)(C)OC(=O)NCCCOCCOCCOCCCNC(=O)c1ccc(C#CC#N)cc1. The van der Waals surface area contributed by atoms with Gasteiger partial charge in [-0.3, -0.25) is 4.79 Å². The Hall–Kier alpha value is -3.11. The summed E-state index contributed by atoms with van der Waals surface area (Å²) in [6.45, 7) is 9.40. The Morgan fingerprint density at radius 2 is 1.38 bits per heavy atom.